The zero-order chi connectivity index (χ0) is 13.9. The van der Waals surface area contributed by atoms with Crippen molar-refractivity contribution in [1.82, 2.24) is 5.32 Å². The molecule has 1 N–H and O–H groups in total. The fraction of sp³-hybridized carbons (Fsp3) is 0.625. The monoisotopic (exact) mass is 324 g/mol. The van der Waals surface area contributed by atoms with Gasteiger partial charge < -0.3 is 10.2 Å². The molecule has 1 aromatic rings. The van der Waals surface area contributed by atoms with Crippen molar-refractivity contribution in [2.45, 2.75) is 45.6 Å². The first-order valence-corrected chi connectivity index (χ1v) is 8.15. The van der Waals surface area contributed by atoms with Crippen molar-refractivity contribution in [1.29, 1.82) is 0 Å². The van der Waals surface area contributed by atoms with Crippen LogP contribution >= 0.6 is 15.9 Å². The second-order valence-electron chi connectivity index (χ2n) is 5.64. The summed E-state index contributed by atoms with van der Waals surface area (Å²) in [6.07, 6.45) is 3.58. The van der Waals surface area contributed by atoms with Crippen LogP contribution in [-0.2, 0) is 0 Å². The largest absolute Gasteiger partial charge is 0.369 e. The Morgan fingerprint density at radius 1 is 1.32 bits per heavy atom. The Labute approximate surface area is 125 Å². The molecule has 1 aliphatic rings. The minimum absolute atomic E-state index is 0.264. The van der Waals surface area contributed by atoms with E-state index in [1.165, 1.54) is 35.0 Å². The number of anilines is 1. The van der Waals surface area contributed by atoms with E-state index < -0.39 is 0 Å². The molecule has 0 bridgehead atoms. The predicted octanol–water partition coefficient (Wildman–Crippen LogP) is 4.12. The third-order valence-corrected chi connectivity index (χ3v) is 5.06. The molecule has 0 amide bonds. The maximum absolute atomic E-state index is 3.77. The van der Waals surface area contributed by atoms with Gasteiger partial charge in [0.25, 0.3) is 0 Å². The van der Waals surface area contributed by atoms with Gasteiger partial charge in [-0.2, -0.15) is 0 Å². The number of hydrogen-bond acceptors (Lipinski definition) is 2. The maximum atomic E-state index is 3.77. The van der Waals surface area contributed by atoms with E-state index in [4.69, 9.17) is 0 Å². The number of nitrogens with zero attached hydrogens (tertiary/aromatic N) is 1. The van der Waals surface area contributed by atoms with Crippen molar-refractivity contribution in [2.75, 3.05) is 24.5 Å². The summed E-state index contributed by atoms with van der Waals surface area (Å²) in [5.41, 5.74) is 2.93. The van der Waals surface area contributed by atoms with Gasteiger partial charge in [-0.05, 0) is 66.4 Å². The lowest BCUT2D eigenvalue weighted by Gasteiger charge is -2.36. The van der Waals surface area contributed by atoms with Gasteiger partial charge in [-0.25, -0.2) is 0 Å². The highest BCUT2D eigenvalue weighted by Gasteiger charge is 2.30. The van der Waals surface area contributed by atoms with Crippen LogP contribution in [0.4, 0.5) is 5.69 Å². The van der Waals surface area contributed by atoms with Crippen molar-refractivity contribution in [3.8, 4) is 0 Å². The first-order valence-electron chi connectivity index (χ1n) is 7.36. The van der Waals surface area contributed by atoms with Crippen LogP contribution in [-0.4, -0.2) is 25.2 Å². The van der Waals surface area contributed by atoms with Crippen molar-refractivity contribution in [3.05, 3.63) is 28.2 Å². The molecule has 2 rings (SSSR count). The molecule has 1 aliphatic heterocycles. The Morgan fingerprint density at radius 3 is 2.74 bits per heavy atom. The summed E-state index contributed by atoms with van der Waals surface area (Å²) in [6, 6.07) is 6.63. The van der Waals surface area contributed by atoms with Crippen LogP contribution in [0.1, 0.15) is 38.7 Å². The molecule has 0 atom stereocenters. The van der Waals surface area contributed by atoms with Crippen molar-refractivity contribution in [2.24, 2.45) is 0 Å². The zero-order valence-electron chi connectivity index (χ0n) is 12.3. The molecule has 1 fully saturated rings. The Bertz CT molecular complexity index is 427. The lowest BCUT2D eigenvalue weighted by molar-refractivity contribution is 0.321. The smallest absolute Gasteiger partial charge is 0.0513 e. The summed E-state index contributed by atoms with van der Waals surface area (Å²) in [4.78, 5) is 2.55. The van der Waals surface area contributed by atoms with Crippen LogP contribution in [0.15, 0.2) is 22.7 Å². The second-order valence-corrected chi connectivity index (χ2v) is 6.50. The molecular weight excluding hydrogens is 300 g/mol. The lowest BCUT2D eigenvalue weighted by atomic mass is 9.92. The molecule has 0 saturated carbocycles. The van der Waals surface area contributed by atoms with Crippen LogP contribution in [0.25, 0.3) is 0 Å². The summed E-state index contributed by atoms with van der Waals surface area (Å²) < 4.78 is 1.21. The highest BCUT2D eigenvalue weighted by atomic mass is 79.9. The van der Waals surface area contributed by atoms with Crippen LogP contribution in [0.5, 0.6) is 0 Å². The second kappa shape index (κ2) is 6.27. The topological polar surface area (TPSA) is 15.3 Å². The van der Waals surface area contributed by atoms with E-state index >= 15 is 0 Å². The molecule has 0 spiro atoms. The Balaban J connectivity index is 2.29. The number of halogens is 1. The Kier molecular flexibility index (Phi) is 4.91. The standard InChI is InChI=1S/C16H25BrN2/c1-4-16(5-2)12-19(10-6-9-18-16)15-11-13(3)7-8-14(15)17/h7-8,11,18H,4-6,9-10,12H2,1-3H3. The molecular formula is C16H25BrN2. The molecule has 0 aliphatic carbocycles. The van der Waals surface area contributed by atoms with E-state index in [1.807, 2.05) is 0 Å². The van der Waals surface area contributed by atoms with Gasteiger partial charge in [0.05, 0.1) is 5.69 Å². The third kappa shape index (κ3) is 3.32. The summed E-state index contributed by atoms with van der Waals surface area (Å²) >= 11 is 3.71. The molecule has 1 aromatic carbocycles. The van der Waals surface area contributed by atoms with Gasteiger partial charge in [0.15, 0.2) is 0 Å². The highest BCUT2D eigenvalue weighted by molar-refractivity contribution is 9.10. The molecule has 0 aromatic heterocycles. The minimum Gasteiger partial charge on any atom is -0.369 e. The van der Waals surface area contributed by atoms with Crippen LogP contribution in [0.3, 0.4) is 0 Å². The van der Waals surface area contributed by atoms with E-state index in [2.05, 4.69) is 65.1 Å². The third-order valence-electron chi connectivity index (χ3n) is 4.39. The van der Waals surface area contributed by atoms with Crippen molar-refractivity contribution < 1.29 is 0 Å². The molecule has 106 valence electrons. The fourth-order valence-corrected chi connectivity index (χ4v) is 3.42. The van der Waals surface area contributed by atoms with Crippen molar-refractivity contribution >= 4 is 21.6 Å². The first kappa shape index (κ1) is 14.9. The number of rotatable bonds is 3. The molecule has 0 unspecified atom stereocenters. The fourth-order valence-electron chi connectivity index (χ4n) is 2.92. The molecule has 2 nitrogen and oxygen atoms in total. The maximum Gasteiger partial charge on any atom is 0.0513 e. The minimum atomic E-state index is 0.264. The van der Waals surface area contributed by atoms with Crippen LogP contribution in [0.2, 0.25) is 0 Å². The molecule has 1 saturated heterocycles. The van der Waals surface area contributed by atoms with Crippen molar-refractivity contribution in [3.63, 3.8) is 0 Å². The quantitative estimate of drug-likeness (QED) is 0.899. The van der Waals surface area contributed by atoms with E-state index in [1.54, 1.807) is 0 Å². The van der Waals surface area contributed by atoms with Crippen LogP contribution < -0.4 is 10.2 Å². The van der Waals surface area contributed by atoms with Gasteiger partial charge in [0, 0.05) is 23.1 Å². The van der Waals surface area contributed by atoms with Gasteiger partial charge >= 0.3 is 0 Å². The normalized spacial score (nSPS) is 19.3. The first-order chi connectivity index (χ1) is 9.10. The zero-order valence-corrected chi connectivity index (χ0v) is 13.9. The SMILES string of the molecule is CCC1(CC)CN(c2cc(C)ccc2Br)CCCN1. The van der Waals surface area contributed by atoms with Gasteiger partial charge in [-0.15, -0.1) is 0 Å². The summed E-state index contributed by atoms with van der Waals surface area (Å²) in [6.45, 7) is 10.1. The molecule has 1 heterocycles. The highest BCUT2D eigenvalue weighted by Crippen LogP contribution is 2.31. The summed E-state index contributed by atoms with van der Waals surface area (Å²) in [7, 11) is 0. The predicted molar refractivity (Wildman–Crippen MR) is 87.0 cm³/mol. The summed E-state index contributed by atoms with van der Waals surface area (Å²) in [5, 5.41) is 3.77. The van der Waals surface area contributed by atoms with E-state index in [0.29, 0.717) is 0 Å². The van der Waals surface area contributed by atoms with Gasteiger partial charge in [-0.1, -0.05) is 19.9 Å². The number of benzene rings is 1. The van der Waals surface area contributed by atoms with Gasteiger partial charge in [0.2, 0.25) is 0 Å². The van der Waals surface area contributed by atoms with E-state index in [-0.39, 0.29) is 5.54 Å². The summed E-state index contributed by atoms with van der Waals surface area (Å²) in [5.74, 6) is 0. The number of hydrogen-bond donors (Lipinski definition) is 1. The number of aryl methyl sites for hydroxylation is 1. The van der Waals surface area contributed by atoms with Crippen LogP contribution in [0, 0.1) is 6.92 Å². The average molecular weight is 325 g/mol. The van der Waals surface area contributed by atoms with E-state index in [9.17, 15) is 0 Å². The Morgan fingerprint density at radius 2 is 2.05 bits per heavy atom. The molecule has 3 heteroatoms. The van der Waals surface area contributed by atoms with E-state index in [0.717, 1.165) is 19.6 Å². The Hall–Kier alpha value is -0.540. The molecule has 0 radical (unpaired) electrons. The molecule has 19 heavy (non-hydrogen) atoms. The van der Waals surface area contributed by atoms with Gasteiger partial charge in [-0.3, -0.25) is 0 Å². The average Bonchev–Trinajstić information content (AvgIpc) is 2.64. The van der Waals surface area contributed by atoms with Gasteiger partial charge in [0.1, 0.15) is 0 Å². The lowest BCUT2D eigenvalue weighted by Crippen LogP contribution is -2.50. The number of nitrogens with one attached hydrogen (secondary N) is 1.